The number of benzene rings is 1. The Hall–Kier alpha value is -0.500. The Morgan fingerprint density at radius 3 is 2.00 bits per heavy atom. The summed E-state index contributed by atoms with van der Waals surface area (Å²) in [5, 5.41) is 0. The minimum absolute atomic E-state index is 0.102. The molecule has 0 aromatic heterocycles. The Kier molecular flexibility index (Phi) is 4.77. The van der Waals surface area contributed by atoms with E-state index < -0.39 is 26.7 Å². The fourth-order valence-corrected chi connectivity index (χ4v) is 2.33. The molecule has 1 unspecified atom stereocenters. The number of alkyl halides is 5. The first kappa shape index (κ1) is 16.6. The molecule has 0 aliphatic heterocycles. The van der Waals surface area contributed by atoms with Crippen molar-refractivity contribution in [1.82, 2.24) is 0 Å². The van der Waals surface area contributed by atoms with Crippen LogP contribution in [0.3, 0.4) is 0 Å². The van der Waals surface area contributed by atoms with Gasteiger partial charge in [-0.2, -0.15) is 21.6 Å². The van der Waals surface area contributed by atoms with Gasteiger partial charge in [-0.3, -0.25) is 4.18 Å². The summed E-state index contributed by atoms with van der Waals surface area (Å²) < 4.78 is 61.6. The van der Waals surface area contributed by atoms with Gasteiger partial charge in [-0.15, -0.1) is 0 Å². The van der Waals surface area contributed by atoms with Crippen molar-refractivity contribution in [1.29, 1.82) is 0 Å². The van der Waals surface area contributed by atoms with Crippen LogP contribution in [0.25, 0.3) is 0 Å². The average Bonchev–Trinajstić information content (AvgIpc) is 2.24. The Balaban J connectivity index is 3.29. The number of halogens is 5. The highest BCUT2D eigenvalue weighted by Gasteiger charge is 2.59. The highest BCUT2D eigenvalue weighted by molar-refractivity contribution is 7.86. The van der Waals surface area contributed by atoms with Crippen LogP contribution in [0.5, 0.6) is 0 Å². The fourth-order valence-electron chi connectivity index (χ4n) is 1.28. The van der Waals surface area contributed by atoms with Crippen LogP contribution in [0, 0.1) is 0 Å². The molecule has 3 nitrogen and oxygen atoms in total. The zero-order valence-electron chi connectivity index (χ0n) is 9.49. The van der Waals surface area contributed by atoms with E-state index in [-0.39, 0.29) is 5.56 Å². The first-order chi connectivity index (χ1) is 8.45. The lowest BCUT2D eigenvalue weighted by Gasteiger charge is -2.30. The normalized spacial score (nSPS) is 15.3. The molecule has 0 bridgehead atoms. The maximum atomic E-state index is 12.8. The van der Waals surface area contributed by atoms with Crippen molar-refractivity contribution >= 4 is 33.3 Å². The molecule has 0 aliphatic rings. The van der Waals surface area contributed by atoms with Crippen LogP contribution in [-0.4, -0.2) is 25.2 Å². The molecule has 1 aromatic carbocycles. The Labute approximate surface area is 118 Å². The summed E-state index contributed by atoms with van der Waals surface area (Å²) in [7, 11) is -4.18. The minimum atomic E-state index is -5.07. The van der Waals surface area contributed by atoms with E-state index in [0.717, 1.165) is 0 Å². The van der Waals surface area contributed by atoms with E-state index in [9.17, 15) is 21.6 Å². The fraction of sp³-hybridized carbons (Fsp3) is 0.400. The van der Waals surface area contributed by atoms with Crippen molar-refractivity contribution in [3.63, 3.8) is 0 Å². The topological polar surface area (TPSA) is 43.4 Å². The van der Waals surface area contributed by atoms with Crippen LogP contribution < -0.4 is 0 Å². The molecule has 1 aromatic rings. The van der Waals surface area contributed by atoms with Crippen LogP contribution in [0.2, 0.25) is 0 Å². The Morgan fingerprint density at radius 2 is 1.63 bits per heavy atom. The Morgan fingerprint density at radius 1 is 1.16 bits per heavy atom. The first-order valence-corrected chi connectivity index (χ1v) is 7.40. The number of rotatable bonds is 4. The average molecular weight is 337 g/mol. The van der Waals surface area contributed by atoms with Gasteiger partial charge in [0.25, 0.3) is 10.1 Å². The highest BCUT2D eigenvalue weighted by Crippen LogP contribution is 2.50. The van der Waals surface area contributed by atoms with Crippen molar-refractivity contribution in [2.45, 2.75) is 16.6 Å². The maximum Gasteiger partial charge on any atom is 0.424 e. The van der Waals surface area contributed by atoms with Crippen LogP contribution >= 0.6 is 23.2 Å². The number of hydrogen-bond acceptors (Lipinski definition) is 3. The summed E-state index contributed by atoms with van der Waals surface area (Å²) in [6, 6.07) is 6.84. The van der Waals surface area contributed by atoms with Gasteiger partial charge in [0.2, 0.25) is 4.33 Å². The van der Waals surface area contributed by atoms with Gasteiger partial charge in [-0.1, -0.05) is 53.5 Å². The van der Waals surface area contributed by atoms with Gasteiger partial charge >= 0.3 is 6.18 Å². The van der Waals surface area contributed by atoms with E-state index in [4.69, 9.17) is 23.2 Å². The molecule has 9 heteroatoms. The molecule has 19 heavy (non-hydrogen) atoms. The van der Waals surface area contributed by atoms with Gasteiger partial charge in [0, 0.05) is 0 Å². The SMILES string of the molecule is CS(=O)(=O)OC(c1ccccc1)C(Cl)(Cl)C(F)(F)F. The van der Waals surface area contributed by atoms with Crippen molar-refractivity contribution in [2.24, 2.45) is 0 Å². The predicted octanol–water partition coefficient (Wildman–Crippen LogP) is 3.44. The van der Waals surface area contributed by atoms with Crippen molar-refractivity contribution in [3.05, 3.63) is 35.9 Å². The van der Waals surface area contributed by atoms with Crippen molar-refractivity contribution in [3.8, 4) is 0 Å². The molecule has 0 N–H and O–H groups in total. The molecule has 1 rings (SSSR count). The van der Waals surface area contributed by atoms with Crippen LogP contribution in [0.15, 0.2) is 30.3 Å². The zero-order chi connectivity index (χ0) is 14.9. The zero-order valence-corrected chi connectivity index (χ0v) is 11.8. The molecule has 1 atom stereocenters. The van der Waals surface area contributed by atoms with E-state index in [1.807, 2.05) is 0 Å². The molecule has 0 heterocycles. The molecule has 0 saturated carbocycles. The lowest BCUT2D eigenvalue weighted by Crippen LogP contribution is -2.41. The second-order valence-electron chi connectivity index (χ2n) is 3.71. The molecule has 0 saturated heterocycles. The molecule has 0 spiro atoms. The molecule has 0 amide bonds. The van der Waals surface area contributed by atoms with Gasteiger partial charge in [0.15, 0.2) is 0 Å². The molecule has 108 valence electrons. The lowest BCUT2D eigenvalue weighted by atomic mass is 10.1. The van der Waals surface area contributed by atoms with Gasteiger partial charge in [0.1, 0.15) is 6.10 Å². The standard InChI is InChI=1S/C10H9Cl2F3O3S/c1-19(16,17)18-8(7-5-3-2-4-6-7)9(11,12)10(13,14)15/h2-6,8H,1H3. The minimum Gasteiger partial charge on any atom is -0.259 e. The van der Waals surface area contributed by atoms with Crippen LogP contribution in [0.1, 0.15) is 11.7 Å². The van der Waals surface area contributed by atoms with Crippen molar-refractivity contribution < 1.29 is 25.8 Å². The van der Waals surface area contributed by atoms with Crippen LogP contribution in [-0.2, 0) is 14.3 Å². The predicted molar refractivity (Wildman–Crippen MR) is 65.6 cm³/mol. The van der Waals surface area contributed by atoms with E-state index >= 15 is 0 Å². The third kappa shape index (κ3) is 4.24. The largest absolute Gasteiger partial charge is 0.424 e. The number of hydrogen-bond donors (Lipinski definition) is 0. The summed E-state index contributed by atoms with van der Waals surface area (Å²) in [4.78, 5) is 0. The summed E-state index contributed by atoms with van der Waals surface area (Å²) in [5.41, 5.74) is -0.102. The molecular weight excluding hydrogens is 328 g/mol. The molecule has 0 fully saturated rings. The smallest absolute Gasteiger partial charge is 0.259 e. The Bertz CT molecular complexity index is 529. The summed E-state index contributed by atoms with van der Waals surface area (Å²) >= 11 is 10.5. The summed E-state index contributed by atoms with van der Waals surface area (Å²) in [6.07, 6.45) is -6.54. The quantitative estimate of drug-likeness (QED) is 0.624. The van der Waals surface area contributed by atoms with Gasteiger partial charge < -0.3 is 0 Å². The molecule has 0 radical (unpaired) electrons. The molecule has 0 aliphatic carbocycles. The second-order valence-corrected chi connectivity index (χ2v) is 6.70. The van der Waals surface area contributed by atoms with E-state index in [0.29, 0.717) is 6.26 Å². The van der Waals surface area contributed by atoms with Crippen LogP contribution in [0.4, 0.5) is 13.2 Å². The van der Waals surface area contributed by atoms with Crippen molar-refractivity contribution in [2.75, 3.05) is 6.26 Å². The summed E-state index contributed by atoms with van der Waals surface area (Å²) in [6.45, 7) is 0. The van der Waals surface area contributed by atoms with E-state index in [1.54, 1.807) is 6.07 Å². The third-order valence-electron chi connectivity index (χ3n) is 2.08. The second kappa shape index (κ2) is 5.47. The first-order valence-electron chi connectivity index (χ1n) is 4.83. The monoisotopic (exact) mass is 336 g/mol. The highest BCUT2D eigenvalue weighted by atomic mass is 35.5. The lowest BCUT2D eigenvalue weighted by molar-refractivity contribution is -0.159. The summed E-state index contributed by atoms with van der Waals surface area (Å²) in [5.74, 6) is 0. The van der Waals surface area contributed by atoms with Gasteiger partial charge in [0.05, 0.1) is 6.26 Å². The van der Waals surface area contributed by atoms with E-state index in [2.05, 4.69) is 4.18 Å². The van der Waals surface area contributed by atoms with E-state index in [1.165, 1.54) is 24.3 Å². The maximum absolute atomic E-state index is 12.8. The van der Waals surface area contributed by atoms with Gasteiger partial charge in [-0.05, 0) is 5.56 Å². The third-order valence-corrected chi connectivity index (χ3v) is 3.45. The van der Waals surface area contributed by atoms with Gasteiger partial charge in [-0.25, -0.2) is 0 Å². The molecular formula is C10H9Cl2F3O3S.